The Hall–Kier alpha value is -1.19. The molecule has 4 heteroatoms. The predicted octanol–water partition coefficient (Wildman–Crippen LogP) is 4.69. The van der Waals surface area contributed by atoms with Crippen LogP contribution in [0.15, 0.2) is 46.9 Å². The van der Waals surface area contributed by atoms with Crippen LogP contribution in [0.1, 0.15) is 5.56 Å². The topological polar surface area (TPSA) is 18.5 Å². The van der Waals surface area contributed by atoms with Crippen LogP contribution in [0.4, 0.5) is 0 Å². The zero-order valence-corrected chi connectivity index (χ0v) is 12.2. The molecule has 0 unspecified atom stereocenters. The summed E-state index contributed by atoms with van der Waals surface area (Å²) in [6.07, 6.45) is 0. The third kappa shape index (κ3) is 3.18. The third-order valence-electron chi connectivity index (χ3n) is 2.47. The summed E-state index contributed by atoms with van der Waals surface area (Å²) in [4.78, 5) is 0. The van der Waals surface area contributed by atoms with E-state index in [0.29, 0.717) is 17.4 Å². The van der Waals surface area contributed by atoms with Crippen LogP contribution < -0.4 is 9.47 Å². The molecule has 0 saturated heterocycles. The van der Waals surface area contributed by atoms with Crippen molar-refractivity contribution < 1.29 is 9.47 Å². The monoisotopic (exact) mass is 326 g/mol. The molecule has 2 rings (SSSR count). The summed E-state index contributed by atoms with van der Waals surface area (Å²) in [5.74, 6) is 1.46. The maximum Gasteiger partial charge on any atom is 0.139 e. The van der Waals surface area contributed by atoms with E-state index in [2.05, 4.69) is 15.9 Å². The van der Waals surface area contributed by atoms with E-state index in [1.54, 1.807) is 13.2 Å². The van der Waals surface area contributed by atoms with Crippen molar-refractivity contribution in [3.63, 3.8) is 0 Å². The van der Waals surface area contributed by atoms with Gasteiger partial charge in [0.2, 0.25) is 0 Å². The van der Waals surface area contributed by atoms with E-state index in [4.69, 9.17) is 21.1 Å². The third-order valence-corrected chi connectivity index (χ3v) is 3.27. The van der Waals surface area contributed by atoms with Gasteiger partial charge in [-0.25, -0.2) is 0 Å². The van der Waals surface area contributed by atoms with Crippen LogP contribution in [0.2, 0.25) is 5.02 Å². The van der Waals surface area contributed by atoms with E-state index < -0.39 is 0 Å². The molecular formula is C14H12BrClO2. The minimum Gasteiger partial charge on any atom is -0.496 e. The summed E-state index contributed by atoms with van der Waals surface area (Å²) in [7, 11) is 1.64. The Morgan fingerprint density at radius 3 is 2.67 bits per heavy atom. The lowest BCUT2D eigenvalue weighted by atomic mass is 10.2. The zero-order chi connectivity index (χ0) is 13.0. The van der Waals surface area contributed by atoms with E-state index >= 15 is 0 Å². The lowest BCUT2D eigenvalue weighted by molar-refractivity contribution is 0.296. The number of halogens is 2. The molecule has 2 aromatic rings. The molecule has 0 fully saturated rings. The summed E-state index contributed by atoms with van der Waals surface area (Å²) >= 11 is 9.45. The first kappa shape index (κ1) is 13.2. The average molecular weight is 328 g/mol. The molecule has 0 saturated carbocycles. The van der Waals surface area contributed by atoms with Gasteiger partial charge in [-0.1, -0.05) is 45.7 Å². The number of para-hydroxylation sites is 1. The van der Waals surface area contributed by atoms with Crippen molar-refractivity contribution in [1.82, 2.24) is 0 Å². The van der Waals surface area contributed by atoms with Crippen LogP contribution >= 0.6 is 27.5 Å². The van der Waals surface area contributed by atoms with Gasteiger partial charge in [0.05, 0.1) is 12.1 Å². The summed E-state index contributed by atoms with van der Waals surface area (Å²) in [5.41, 5.74) is 0.982. The highest BCUT2D eigenvalue weighted by Crippen LogP contribution is 2.29. The van der Waals surface area contributed by atoms with Gasteiger partial charge < -0.3 is 9.47 Å². The maximum atomic E-state index is 6.06. The van der Waals surface area contributed by atoms with Gasteiger partial charge in [-0.2, -0.15) is 0 Å². The number of methoxy groups -OCH3 is 1. The Morgan fingerprint density at radius 1 is 1.11 bits per heavy atom. The normalized spacial score (nSPS) is 10.2. The molecule has 0 atom stereocenters. The Morgan fingerprint density at radius 2 is 1.89 bits per heavy atom. The first-order valence-corrected chi connectivity index (χ1v) is 6.57. The molecule has 0 aliphatic heterocycles. The van der Waals surface area contributed by atoms with Gasteiger partial charge in [0.25, 0.3) is 0 Å². The quantitative estimate of drug-likeness (QED) is 0.811. The van der Waals surface area contributed by atoms with E-state index in [-0.39, 0.29) is 0 Å². The van der Waals surface area contributed by atoms with Crippen LogP contribution in [0.25, 0.3) is 0 Å². The van der Waals surface area contributed by atoms with Crippen molar-refractivity contribution >= 4 is 27.5 Å². The van der Waals surface area contributed by atoms with E-state index in [0.717, 1.165) is 15.8 Å². The first-order valence-electron chi connectivity index (χ1n) is 5.40. The van der Waals surface area contributed by atoms with E-state index in [1.165, 1.54) is 0 Å². The van der Waals surface area contributed by atoms with Gasteiger partial charge in [0, 0.05) is 10.0 Å². The van der Waals surface area contributed by atoms with Crippen LogP contribution in [-0.4, -0.2) is 7.11 Å². The summed E-state index contributed by atoms with van der Waals surface area (Å²) in [6.45, 7) is 0.417. The minimum atomic E-state index is 0.417. The van der Waals surface area contributed by atoms with Crippen LogP contribution in [-0.2, 0) is 6.61 Å². The largest absolute Gasteiger partial charge is 0.496 e. The number of hydrogen-bond donors (Lipinski definition) is 0. The highest BCUT2D eigenvalue weighted by atomic mass is 79.9. The summed E-state index contributed by atoms with van der Waals surface area (Å²) in [5, 5.41) is 0.591. The highest BCUT2D eigenvalue weighted by Gasteiger charge is 2.05. The molecule has 0 aliphatic carbocycles. The van der Waals surface area contributed by atoms with Gasteiger partial charge in [-0.05, 0) is 24.3 Å². The van der Waals surface area contributed by atoms with E-state index in [1.807, 2.05) is 36.4 Å². The molecule has 2 nitrogen and oxygen atoms in total. The Bertz CT molecular complexity index is 543. The van der Waals surface area contributed by atoms with Gasteiger partial charge in [0.15, 0.2) is 0 Å². The second-order valence-corrected chi connectivity index (χ2v) is 5.00. The molecule has 0 heterocycles. The van der Waals surface area contributed by atoms with Gasteiger partial charge in [-0.15, -0.1) is 0 Å². The molecule has 0 aromatic heterocycles. The number of benzene rings is 2. The number of rotatable bonds is 4. The molecule has 18 heavy (non-hydrogen) atoms. The minimum absolute atomic E-state index is 0.417. The second-order valence-electron chi connectivity index (χ2n) is 3.68. The standard InChI is InChI=1S/C14H12BrClO2/c1-17-13-5-3-2-4-10(13)9-18-14-8-11(15)6-7-12(14)16/h2-8H,9H2,1H3. The fourth-order valence-electron chi connectivity index (χ4n) is 1.57. The zero-order valence-electron chi connectivity index (χ0n) is 9.82. The highest BCUT2D eigenvalue weighted by molar-refractivity contribution is 9.10. The van der Waals surface area contributed by atoms with Gasteiger partial charge in [-0.3, -0.25) is 0 Å². The first-order chi connectivity index (χ1) is 8.70. The fourth-order valence-corrected chi connectivity index (χ4v) is 2.08. The number of hydrogen-bond acceptors (Lipinski definition) is 2. The lowest BCUT2D eigenvalue weighted by Gasteiger charge is -2.11. The molecular weight excluding hydrogens is 316 g/mol. The molecule has 2 aromatic carbocycles. The molecule has 0 spiro atoms. The molecule has 0 radical (unpaired) electrons. The molecule has 0 aliphatic rings. The molecule has 0 N–H and O–H groups in total. The lowest BCUT2D eigenvalue weighted by Crippen LogP contribution is -1.98. The van der Waals surface area contributed by atoms with Crippen molar-refractivity contribution in [2.24, 2.45) is 0 Å². The van der Waals surface area contributed by atoms with Crippen molar-refractivity contribution in [1.29, 1.82) is 0 Å². The van der Waals surface area contributed by atoms with Crippen molar-refractivity contribution in [2.75, 3.05) is 7.11 Å². The van der Waals surface area contributed by atoms with Crippen molar-refractivity contribution in [2.45, 2.75) is 6.61 Å². The van der Waals surface area contributed by atoms with Gasteiger partial charge in [0.1, 0.15) is 18.1 Å². The SMILES string of the molecule is COc1ccccc1COc1cc(Br)ccc1Cl. The fraction of sp³-hybridized carbons (Fsp3) is 0.143. The number of ether oxygens (including phenoxy) is 2. The van der Waals surface area contributed by atoms with Crippen LogP contribution in [0, 0.1) is 0 Å². The van der Waals surface area contributed by atoms with Gasteiger partial charge >= 0.3 is 0 Å². The summed E-state index contributed by atoms with van der Waals surface area (Å²) in [6, 6.07) is 13.3. The molecule has 94 valence electrons. The predicted molar refractivity (Wildman–Crippen MR) is 76.5 cm³/mol. The smallest absolute Gasteiger partial charge is 0.139 e. The van der Waals surface area contributed by atoms with Crippen molar-refractivity contribution in [3.8, 4) is 11.5 Å². The molecule has 0 bridgehead atoms. The second kappa shape index (κ2) is 6.12. The van der Waals surface area contributed by atoms with Crippen LogP contribution in [0.3, 0.4) is 0 Å². The average Bonchev–Trinajstić information content (AvgIpc) is 2.40. The van der Waals surface area contributed by atoms with E-state index in [9.17, 15) is 0 Å². The summed E-state index contributed by atoms with van der Waals surface area (Å²) < 4.78 is 11.9. The maximum absolute atomic E-state index is 6.06. The van der Waals surface area contributed by atoms with Crippen LogP contribution in [0.5, 0.6) is 11.5 Å². The Labute approximate surface area is 120 Å². The van der Waals surface area contributed by atoms with Crippen molar-refractivity contribution in [3.05, 3.63) is 57.5 Å². The Kier molecular flexibility index (Phi) is 4.50. The molecule has 0 amide bonds. The Balaban J connectivity index is 2.14.